The Bertz CT molecular complexity index is 2210. The molecule has 166 valence electrons. The van der Waals surface area contributed by atoms with Gasteiger partial charge in [0.1, 0.15) is 0 Å². The minimum Gasteiger partial charge on any atom is -0.0619 e. The van der Waals surface area contributed by atoms with E-state index in [2.05, 4.69) is 32.0 Å². The molecule has 6 aromatic carbocycles. The SMILES string of the molecule is [2H]c1c([2H])c([2H])c2c([2H])c3c([2H])c([2H])c([2H])c(-c4ccccc4-c4c(C)c(C)cc5c4Cc4ccccc4-5)c3cc2c1[2H]. The van der Waals surface area contributed by atoms with Crippen LogP contribution in [0.2, 0.25) is 0 Å². The third kappa shape index (κ3) is 3.07. The molecule has 0 bridgehead atoms. The van der Waals surface area contributed by atoms with Gasteiger partial charge in [0.25, 0.3) is 0 Å². The fourth-order valence-electron chi connectivity index (χ4n) is 5.47. The largest absolute Gasteiger partial charge is 0.0636 e. The number of benzene rings is 6. The van der Waals surface area contributed by atoms with Gasteiger partial charge >= 0.3 is 0 Å². The lowest BCUT2D eigenvalue weighted by Gasteiger charge is -2.20. The molecule has 0 unspecified atom stereocenters. The first-order valence-electron chi connectivity index (χ1n) is 15.8. The molecule has 0 heteroatoms. The van der Waals surface area contributed by atoms with Crippen molar-refractivity contribution in [3.63, 3.8) is 0 Å². The molecule has 0 saturated carbocycles. The Morgan fingerprint density at radius 3 is 2.20 bits per heavy atom. The second-order valence-corrected chi connectivity index (χ2v) is 9.20. The lowest BCUT2D eigenvalue weighted by molar-refractivity contribution is 1.23. The molecule has 6 aromatic rings. The van der Waals surface area contributed by atoms with Crippen LogP contribution in [-0.4, -0.2) is 0 Å². The van der Waals surface area contributed by atoms with E-state index in [-0.39, 0.29) is 52.4 Å². The van der Waals surface area contributed by atoms with Crippen LogP contribution in [-0.2, 0) is 6.42 Å². The van der Waals surface area contributed by atoms with Crippen LogP contribution in [0.5, 0.6) is 0 Å². The maximum absolute atomic E-state index is 9.10. The van der Waals surface area contributed by atoms with E-state index < -0.39 is 12.1 Å². The summed E-state index contributed by atoms with van der Waals surface area (Å²) in [5, 5.41) is 0.614. The van der Waals surface area contributed by atoms with E-state index in [0.717, 1.165) is 28.7 Å². The van der Waals surface area contributed by atoms with Crippen LogP contribution in [0.3, 0.4) is 0 Å². The van der Waals surface area contributed by atoms with Gasteiger partial charge in [-0.05, 0) is 110 Å². The highest BCUT2D eigenvalue weighted by atomic mass is 14.3. The van der Waals surface area contributed by atoms with Crippen molar-refractivity contribution in [1.29, 1.82) is 0 Å². The lowest BCUT2D eigenvalue weighted by atomic mass is 9.84. The van der Waals surface area contributed by atoms with Crippen LogP contribution < -0.4 is 0 Å². The van der Waals surface area contributed by atoms with Gasteiger partial charge in [-0.25, -0.2) is 0 Å². The molecule has 0 radical (unpaired) electrons. The highest BCUT2D eigenvalue weighted by molar-refractivity contribution is 6.07. The standard InChI is InChI=1S/C35H26/c1-22-18-33-28-14-6-5-12-27(28)21-34(33)35(23(22)2)31-16-8-7-15-29(31)30-17-9-13-26-19-24-10-3-4-11-25(24)20-32(26)30/h3-20H,21H2,1-2H3/i3D,4D,9D,10D,11D,13D,17D,19D. The zero-order chi connectivity index (χ0) is 30.5. The summed E-state index contributed by atoms with van der Waals surface area (Å²) in [6.07, 6.45) is 0.762. The highest BCUT2D eigenvalue weighted by Crippen LogP contribution is 2.47. The molecule has 0 atom stereocenters. The monoisotopic (exact) mass is 454 g/mol. The molecule has 0 nitrogen and oxygen atoms in total. The summed E-state index contributed by atoms with van der Waals surface area (Å²) in [4.78, 5) is 0. The van der Waals surface area contributed by atoms with E-state index in [1.165, 1.54) is 22.3 Å². The average Bonchev–Trinajstić information content (AvgIpc) is 3.36. The average molecular weight is 455 g/mol. The van der Waals surface area contributed by atoms with Crippen molar-refractivity contribution in [1.82, 2.24) is 0 Å². The first-order chi connectivity index (χ1) is 20.5. The summed E-state index contributed by atoms with van der Waals surface area (Å²) in [5.41, 5.74) is 10.1. The Kier molecular flexibility index (Phi) is 3.00. The number of hydrogen-bond acceptors (Lipinski definition) is 0. The van der Waals surface area contributed by atoms with Crippen molar-refractivity contribution >= 4 is 21.5 Å². The topological polar surface area (TPSA) is 0 Å². The van der Waals surface area contributed by atoms with Crippen molar-refractivity contribution in [3.8, 4) is 33.4 Å². The normalized spacial score (nSPS) is 15.4. The molecule has 1 aliphatic carbocycles. The second-order valence-electron chi connectivity index (χ2n) is 9.20. The predicted molar refractivity (Wildman–Crippen MR) is 150 cm³/mol. The summed E-state index contributed by atoms with van der Waals surface area (Å²) in [5.74, 6) is 0. The number of rotatable bonds is 2. The molecular weight excluding hydrogens is 420 g/mol. The summed E-state index contributed by atoms with van der Waals surface area (Å²) in [7, 11) is 0. The molecule has 0 aliphatic heterocycles. The molecule has 0 N–H and O–H groups in total. The highest BCUT2D eigenvalue weighted by Gasteiger charge is 2.25. The lowest BCUT2D eigenvalue weighted by Crippen LogP contribution is -1.97. The predicted octanol–water partition coefficient (Wildman–Crippen LogP) is 9.52. The first kappa shape index (κ1) is 13.7. The number of fused-ring (bicyclic) bond motifs is 5. The molecule has 0 heterocycles. The van der Waals surface area contributed by atoms with E-state index in [4.69, 9.17) is 11.0 Å². The minimum atomic E-state index is -0.449. The van der Waals surface area contributed by atoms with Gasteiger partial charge in [0.2, 0.25) is 0 Å². The quantitative estimate of drug-likeness (QED) is 0.228. The Morgan fingerprint density at radius 2 is 1.34 bits per heavy atom. The molecule has 1 aliphatic rings. The molecule has 0 aromatic heterocycles. The fraction of sp³-hybridized carbons (Fsp3) is 0.0857. The van der Waals surface area contributed by atoms with E-state index in [1.54, 1.807) is 6.07 Å². The van der Waals surface area contributed by atoms with Gasteiger partial charge in [-0.2, -0.15) is 0 Å². The van der Waals surface area contributed by atoms with Gasteiger partial charge in [-0.1, -0.05) is 96.9 Å². The zero-order valence-electron chi connectivity index (χ0n) is 27.5. The minimum absolute atomic E-state index is 0.00785. The Hall–Kier alpha value is -4.16. The third-order valence-corrected chi connectivity index (χ3v) is 7.26. The van der Waals surface area contributed by atoms with Crippen LogP contribution in [0.1, 0.15) is 33.2 Å². The molecular formula is C35H26. The number of aryl methyl sites for hydroxylation is 1. The van der Waals surface area contributed by atoms with Crippen LogP contribution >= 0.6 is 0 Å². The maximum atomic E-state index is 9.10. The molecule has 0 amide bonds. The van der Waals surface area contributed by atoms with E-state index in [1.807, 2.05) is 36.4 Å². The fourth-order valence-corrected chi connectivity index (χ4v) is 5.47. The molecule has 0 fully saturated rings. The zero-order valence-corrected chi connectivity index (χ0v) is 19.5. The summed E-state index contributed by atoms with van der Waals surface area (Å²) in [6, 6.07) is 17.4. The Labute approximate surface area is 217 Å². The summed E-state index contributed by atoms with van der Waals surface area (Å²) >= 11 is 0. The van der Waals surface area contributed by atoms with Gasteiger partial charge in [0.15, 0.2) is 0 Å². The summed E-state index contributed by atoms with van der Waals surface area (Å²) < 4.78 is 69.1. The van der Waals surface area contributed by atoms with Gasteiger partial charge in [0, 0.05) is 0 Å². The van der Waals surface area contributed by atoms with Crippen molar-refractivity contribution in [2.24, 2.45) is 0 Å². The smallest absolute Gasteiger partial charge is 0.0619 e. The maximum Gasteiger partial charge on any atom is 0.0636 e. The van der Waals surface area contributed by atoms with Crippen molar-refractivity contribution in [2.75, 3.05) is 0 Å². The summed E-state index contributed by atoms with van der Waals surface area (Å²) in [6.45, 7) is 4.19. The third-order valence-electron chi connectivity index (χ3n) is 7.26. The van der Waals surface area contributed by atoms with Crippen molar-refractivity contribution < 1.29 is 11.0 Å². The van der Waals surface area contributed by atoms with Crippen LogP contribution in [0.15, 0.2) is 109 Å². The van der Waals surface area contributed by atoms with Gasteiger partial charge in [-0.15, -0.1) is 0 Å². The first-order valence-corrected chi connectivity index (χ1v) is 11.8. The molecule has 7 rings (SSSR count). The van der Waals surface area contributed by atoms with E-state index >= 15 is 0 Å². The van der Waals surface area contributed by atoms with Gasteiger partial charge < -0.3 is 0 Å². The molecule has 35 heavy (non-hydrogen) atoms. The second kappa shape index (κ2) is 7.68. The van der Waals surface area contributed by atoms with Crippen LogP contribution in [0.4, 0.5) is 0 Å². The Morgan fingerprint density at radius 1 is 0.629 bits per heavy atom. The number of hydrogen-bond donors (Lipinski definition) is 0. The van der Waals surface area contributed by atoms with Gasteiger partial charge in [0.05, 0.1) is 11.0 Å². The van der Waals surface area contributed by atoms with E-state index in [0.29, 0.717) is 16.5 Å². The molecule has 0 saturated heterocycles. The van der Waals surface area contributed by atoms with Crippen LogP contribution in [0.25, 0.3) is 54.9 Å². The van der Waals surface area contributed by atoms with Crippen LogP contribution in [0, 0.1) is 13.8 Å². The van der Waals surface area contributed by atoms with Crippen molar-refractivity contribution in [2.45, 2.75) is 20.3 Å². The molecule has 0 spiro atoms. The van der Waals surface area contributed by atoms with E-state index in [9.17, 15) is 0 Å². The van der Waals surface area contributed by atoms with Crippen molar-refractivity contribution in [3.05, 3.63) is 131 Å². The Balaban J connectivity index is 1.63. The van der Waals surface area contributed by atoms with Gasteiger partial charge in [-0.3, -0.25) is 0 Å².